The lowest BCUT2D eigenvalue weighted by Gasteiger charge is -2.31. The summed E-state index contributed by atoms with van der Waals surface area (Å²) in [6, 6.07) is 14.4. The SMILES string of the molecule is Cc1oc(-c2ccccc2)nc1CC(=O)N1CCC(c2nc(-c3ccc(Cl)c([N+](=O)[O-])c3)cs2)CC1. The van der Waals surface area contributed by atoms with Crippen molar-refractivity contribution >= 4 is 34.5 Å². The Bertz CT molecular complexity index is 1410. The highest BCUT2D eigenvalue weighted by atomic mass is 35.5. The first kappa shape index (κ1) is 24.1. The number of nitro benzene ring substituents is 1. The average Bonchev–Trinajstić information content (AvgIpc) is 3.52. The van der Waals surface area contributed by atoms with Crippen LogP contribution in [0, 0.1) is 17.0 Å². The van der Waals surface area contributed by atoms with Gasteiger partial charge in [-0.3, -0.25) is 14.9 Å². The number of amides is 1. The van der Waals surface area contributed by atoms with E-state index in [9.17, 15) is 14.9 Å². The van der Waals surface area contributed by atoms with Crippen molar-refractivity contribution in [1.82, 2.24) is 14.9 Å². The highest BCUT2D eigenvalue weighted by Crippen LogP contribution is 2.35. The van der Waals surface area contributed by atoms with Gasteiger partial charge < -0.3 is 9.32 Å². The molecule has 0 bridgehead atoms. The van der Waals surface area contributed by atoms with Gasteiger partial charge in [-0.05, 0) is 38.0 Å². The van der Waals surface area contributed by atoms with Gasteiger partial charge in [0.1, 0.15) is 10.8 Å². The molecule has 0 aliphatic carbocycles. The zero-order valence-electron chi connectivity index (χ0n) is 19.5. The van der Waals surface area contributed by atoms with E-state index in [1.54, 1.807) is 17.4 Å². The van der Waals surface area contributed by atoms with Crippen LogP contribution in [0.5, 0.6) is 0 Å². The van der Waals surface area contributed by atoms with Gasteiger partial charge in [-0.1, -0.05) is 35.9 Å². The molecule has 1 saturated heterocycles. The number of carbonyl (C=O) groups excluding carboxylic acids is 1. The number of oxazole rings is 1. The highest BCUT2D eigenvalue weighted by molar-refractivity contribution is 7.10. The van der Waals surface area contributed by atoms with Crippen molar-refractivity contribution in [3.05, 3.63) is 85.5 Å². The van der Waals surface area contributed by atoms with Crippen molar-refractivity contribution in [3.63, 3.8) is 0 Å². The van der Waals surface area contributed by atoms with Crippen molar-refractivity contribution in [2.45, 2.75) is 32.1 Å². The number of piperidine rings is 1. The number of hydrogen-bond donors (Lipinski definition) is 0. The maximum Gasteiger partial charge on any atom is 0.288 e. The van der Waals surface area contributed by atoms with E-state index in [2.05, 4.69) is 4.98 Å². The van der Waals surface area contributed by atoms with Gasteiger partial charge in [-0.15, -0.1) is 11.3 Å². The first-order valence-electron chi connectivity index (χ1n) is 11.6. The summed E-state index contributed by atoms with van der Waals surface area (Å²) >= 11 is 7.48. The number of rotatable bonds is 6. The fourth-order valence-corrected chi connectivity index (χ4v) is 5.53. The van der Waals surface area contributed by atoms with Crippen LogP contribution in [0.3, 0.4) is 0 Å². The minimum Gasteiger partial charge on any atom is -0.441 e. The minimum atomic E-state index is -0.491. The molecule has 1 fully saturated rings. The topological polar surface area (TPSA) is 102 Å². The molecule has 3 heterocycles. The lowest BCUT2D eigenvalue weighted by atomic mass is 9.97. The van der Waals surface area contributed by atoms with Crippen molar-refractivity contribution < 1.29 is 14.1 Å². The minimum absolute atomic E-state index is 0.0396. The van der Waals surface area contributed by atoms with Gasteiger partial charge in [0.05, 0.1) is 27.7 Å². The lowest BCUT2D eigenvalue weighted by Crippen LogP contribution is -2.38. The van der Waals surface area contributed by atoms with E-state index in [4.69, 9.17) is 21.0 Å². The van der Waals surface area contributed by atoms with Crippen LogP contribution >= 0.6 is 22.9 Å². The average molecular weight is 523 g/mol. The molecular weight excluding hydrogens is 500 g/mol. The lowest BCUT2D eigenvalue weighted by molar-refractivity contribution is -0.384. The Morgan fingerprint density at radius 3 is 2.64 bits per heavy atom. The van der Waals surface area contributed by atoms with Crippen LogP contribution in [0.25, 0.3) is 22.7 Å². The number of hydrogen-bond acceptors (Lipinski definition) is 7. The number of thiazole rings is 1. The summed E-state index contributed by atoms with van der Waals surface area (Å²) in [5.74, 6) is 1.47. The normalized spacial score (nSPS) is 14.2. The number of nitro groups is 1. The summed E-state index contributed by atoms with van der Waals surface area (Å²) in [5, 5.41) is 14.2. The second-order valence-corrected chi connectivity index (χ2v) is 10.0. The Balaban J connectivity index is 1.20. The standard InChI is InChI=1S/C26H23ClN4O4S/c1-16-21(28-25(35-16)17-5-3-2-4-6-17)14-24(32)30-11-9-18(10-12-30)26-29-22(15-36-26)19-7-8-20(27)23(13-19)31(33)34/h2-8,13,15,18H,9-12,14H2,1H3. The number of aromatic nitrogens is 2. The Hall–Kier alpha value is -3.56. The van der Waals surface area contributed by atoms with Gasteiger partial charge in [0.2, 0.25) is 11.8 Å². The van der Waals surface area contributed by atoms with Crippen molar-refractivity contribution in [2.24, 2.45) is 0 Å². The summed E-state index contributed by atoms with van der Waals surface area (Å²) in [6.07, 6.45) is 1.84. The molecule has 36 heavy (non-hydrogen) atoms. The summed E-state index contributed by atoms with van der Waals surface area (Å²) in [5.41, 5.74) is 2.79. The zero-order chi connectivity index (χ0) is 25.2. The van der Waals surface area contributed by atoms with Gasteiger partial charge in [0.25, 0.3) is 5.69 Å². The van der Waals surface area contributed by atoms with Crippen molar-refractivity contribution in [2.75, 3.05) is 13.1 Å². The molecule has 0 radical (unpaired) electrons. The molecule has 2 aromatic carbocycles. The maximum atomic E-state index is 13.0. The van der Waals surface area contributed by atoms with E-state index in [1.807, 2.05) is 47.5 Å². The number of benzene rings is 2. The summed E-state index contributed by atoms with van der Waals surface area (Å²) in [4.78, 5) is 34.9. The third-order valence-corrected chi connectivity index (χ3v) is 7.72. The van der Waals surface area contributed by atoms with Crippen LogP contribution in [-0.4, -0.2) is 38.8 Å². The molecule has 1 aliphatic heterocycles. The number of likely N-dealkylation sites (tertiary alicyclic amines) is 1. The first-order chi connectivity index (χ1) is 17.4. The Morgan fingerprint density at radius 1 is 1.17 bits per heavy atom. The van der Waals surface area contributed by atoms with Gasteiger partial charge in [-0.25, -0.2) is 9.97 Å². The Morgan fingerprint density at radius 2 is 1.92 bits per heavy atom. The largest absolute Gasteiger partial charge is 0.441 e. The van der Waals surface area contributed by atoms with Crippen molar-refractivity contribution in [3.8, 4) is 22.7 Å². The van der Waals surface area contributed by atoms with E-state index in [0.717, 1.165) is 23.4 Å². The van der Waals surface area contributed by atoms with Crippen LogP contribution in [0.4, 0.5) is 5.69 Å². The predicted octanol–water partition coefficient (Wildman–Crippen LogP) is 6.28. The smallest absolute Gasteiger partial charge is 0.288 e. The van der Waals surface area contributed by atoms with E-state index in [0.29, 0.717) is 41.7 Å². The molecular formula is C26H23ClN4O4S. The van der Waals surface area contributed by atoms with Gasteiger partial charge in [0.15, 0.2) is 0 Å². The van der Waals surface area contributed by atoms with E-state index < -0.39 is 4.92 Å². The fraction of sp³-hybridized carbons (Fsp3) is 0.269. The molecule has 2 aromatic heterocycles. The molecule has 8 nitrogen and oxygen atoms in total. The van der Waals surface area contributed by atoms with Gasteiger partial charge >= 0.3 is 0 Å². The Labute approximate surface area is 216 Å². The van der Waals surface area contributed by atoms with Gasteiger partial charge in [-0.2, -0.15) is 0 Å². The quantitative estimate of drug-likeness (QED) is 0.218. The van der Waals surface area contributed by atoms with Crippen LogP contribution in [0.1, 0.15) is 35.2 Å². The summed E-state index contributed by atoms with van der Waals surface area (Å²) < 4.78 is 5.80. The summed E-state index contributed by atoms with van der Waals surface area (Å²) in [7, 11) is 0. The zero-order valence-corrected chi connectivity index (χ0v) is 21.1. The molecule has 0 atom stereocenters. The monoisotopic (exact) mass is 522 g/mol. The second-order valence-electron chi connectivity index (χ2n) is 8.71. The molecule has 0 N–H and O–H groups in total. The molecule has 0 unspecified atom stereocenters. The van der Waals surface area contributed by atoms with E-state index in [1.165, 1.54) is 12.1 Å². The first-order valence-corrected chi connectivity index (χ1v) is 12.8. The van der Waals surface area contributed by atoms with Crippen LogP contribution in [0.2, 0.25) is 5.02 Å². The maximum absolute atomic E-state index is 13.0. The van der Waals surface area contributed by atoms with Crippen LogP contribution < -0.4 is 0 Å². The third-order valence-electron chi connectivity index (χ3n) is 6.39. The second kappa shape index (κ2) is 10.2. The van der Waals surface area contributed by atoms with Crippen molar-refractivity contribution in [1.29, 1.82) is 0 Å². The molecule has 1 amide bonds. The van der Waals surface area contributed by atoms with Crippen LogP contribution in [0.15, 0.2) is 58.3 Å². The molecule has 0 saturated carbocycles. The van der Waals surface area contributed by atoms with Crippen LogP contribution in [-0.2, 0) is 11.2 Å². The molecule has 10 heteroatoms. The number of carbonyl (C=O) groups is 1. The molecule has 4 aromatic rings. The predicted molar refractivity (Wildman–Crippen MR) is 138 cm³/mol. The summed E-state index contributed by atoms with van der Waals surface area (Å²) in [6.45, 7) is 3.13. The Kier molecular flexibility index (Phi) is 6.84. The van der Waals surface area contributed by atoms with E-state index >= 15 is 0 Å². The molecule has 0 spiro atoms. The third kappa shape index (κ3) is 5.03. The molecule has 184 valence electrons. The molecule has 1 aliphatic rings. The fourth-order valence-electron chi connectivity index (χ4n) is 4.35. The highest BCUT2D eigenvalue weighted by Gasteiger charge is 2.27. The van der Waals surface area contributed by atoms with E-state index in [-0.39, 0.29) is 29.0 Å². The van der Waals surface area contributed by atoms with Gasteiger partial charge in [0, 0.05) is 41.6 Å². The number of aryl methyl sites for hydroxylation is 1. The number of nitrogens with zero attached hydrogens (tertiary/aromatic N) is 4. The number of halogens is 1. The molecule has 5 rings (SSSR count).